The molecule has 1 saturated carbocycles. The Hall–Kier alpha value is -0.0900. The van der Waals surface area contributed by atoms with Gasteiger partial charge in [0.15, 0.2) is 0 Å². The van der Waals surface area contributed by atoms with Crippen molar-refractivity contribution in [1.29, 1.82) is 0 Å². The number of nitrogens with one attached hydrogen (secondary N) is 1. The van der Waals surface area contributed by atoms with Gasteiger partial charge >= 0.3 is 0 Å². The maximum atomic E-state index is 6.14. The summed E-state index contributed by atoms with van der Waals surface area (Å²) in [4.78, 5) is 0. The van der Waals surface area contributed by atoms with Crippen LogP contribution in [0, 0.1) is 0 Å². The van der Waals surface area contributed by atoms with Crippen molar-refractivity contribution in [3.8, 4) is 0 Å². The van der Waals surface area contributed by atoms with Crippen molar-refractivity contribution < 1.29 is 4.74 Å². The topological polar surface area (TPSA) is 21.3 Å². The molecule has 0 saturated heterocycles. The second kappa shape index (κ2) is 8.25. The molecular formula is C15H21BrClNO. The minimum Gasteiger partial charge on any atom is -0.377 e. The summed E-state index contributed by atoms with van der Waals surface area (Å²) in [5.41, 5.74) is 1.12. The molecule has 106 valence electrons. The van der Waals surface area contributed by atoms with Gasteiger partial charge < -0.3 is 10.1 Å². The van der Waals surface area contributed by atoms with E-state index in [-0.39, 0.29) is 0 Å². The minimum atomic E-state index is 0.491. The molecule has 0 heterocycles. The van der Waals surface area contributed by atoms with E-state index >= 15 is 0 Å². The van der Waals surface area contributed by atoms with Crippen LogP contribution in [0.1, 0.15) is 37.7 Å². The highest BCUT2D eigenvalue weighted by Crippen LogP contribution is 2.21. The lowest BCUT2D eigenvalue weighted by atomic mass is 9.98. The molecule has 0 spiro atoms. The molecule has 2 nitrogen and oxygen atoms in total. The number of benzene rings is 1. The molecule has 1 aromatic rings. The zero-order chi connectivity index (χ0) is 13.5. The van der Waals surface area contributed by atoms with E-state index in [1.165, 1.54) is 32.1 Å². The molecule has 1 N–H and O–H groups in total. The molecular weight excluding hydrogens is 326 g/mol. The van der Waals surface area contributed by atoms with Crippen LogP contribution in [0.15, 0.2) is 22.7 Å². The Labute approximate surface area is 129 Å². The molecule has 0 bridgehead atoms. The van der Waals surface area contributed by atoms with Crippen LogP contribution in [-0.2, 0) is 11.3 Å². The Morgan fingerprint density at radius 3 is 2.84 bits per heavy atom. The predicted octanol–water partition coefficient (Wildman–Crippen LogP) is 4.54. The van der Waals surface area contributed by atoms with Crippen LogP contribution < -0.4 is 5.32 Å². The van der Waals surface area contributed by atoms with Crippen molar-refractivity contribution in [1.82, 2.24) is 5.32 Å². The molecule has 0 aliphatic heterocycles. The summed E-state index contributed by atoms with van der Waals surface area (Å²) >= 11 is 9.60. The summed E-state index contributed by atoms with van der Waals surface area (Å²) in [6.45, 7) is 2.45. The van der Waals surface area contributed by atoms with Crippen molar-refractivity contribution >= 4 is 27.5 Å². The number of rotatable bonds is 6. The van der Waals surface area contributed by atoms with Gasteiger partial charge in [0.05, 0.1) is 12.7 Å². The third-order valence-electron chi connectivity index (χ3n) is 3.51. The maximum absolute atomic E-state index is 6.14. The van der Waals surface area contributed by atoms with Gasteiger partial charge in [0, 0.05) is 22.6 Å². The Kier molecular flexibility index (Phi) is 6.65. The molecule has 0 unspecified atom stereocenters. The zero-order valence-corrected chi connectivity index (χ0v) is 13.5. The van der Waals surface area contributed by atoms with Crippen LogP contribution in [0.25, 0.3) is 0 Å². The van der Waals surface area contributed by atoms with Gasteiger partial charge in [-0.25, -0.2) is 0 Å². The van der Waals surface area contributed by atoms with E-state index in [2.05, 4.69) is 27.3 Å². The monoisotopic (exact) mass is 345 g/mol. The van der Waals surface area contributed by atoms with E-state index in [0.717, 1.165) is 34.8 Å². The zero-order valence-electron chi connectivity index (χ0n) is 11.1. The van der Waals surface area contributed by atoms with Crippen molar-refractivity contribution in [2.24, 2.45) is 0 Å². The first-order valence-electron chi connectivity index (χ1n) is 7.02. The molecule has 0 amide bonds. The minimum absolute atomic E-state index is 0.491. The molecule has 1 fully saturated rings. The van der Waals surface area contributed by atoms with Crippen molar-refractivity contribution in [3.63, 3.8) is 0 Å². The van der Waals surface area contributed by atoms with E-state index in [1.54, 1.807) is 0 Å². The second-order valence-electron chi connectivity index (χ2n) is 5.04. The van der Waals surface area contributed by atoms with Crippen molar-refractivity contribution in [2.75, 3.05) is 13.2 Å². The third kappa shape index (κ3) is 5.42. The van der Waals surface area contributed by atoms with Crippen LogP contribution in [0.3, 0.4) is 0 Å². The van der Waals surface area contributed by atoms with Crippen LogP contribution in [0.5, 0.6) is 0 Å². The van der Waals surface area contributed by atoms with Crippen LogP contribution in [0.2, 0.25) is 5.02 Å². The average Bonchev–Trinajstić information content (AvgIpc) is 2.43. The molecule has 1 aliphatic carbocycles. The first-order chi connectivity index (χ1) is 9.25. The first kappa shape index (κ1) is 15.3. The lowest BCUT2D eigenvalue weighted by Crippen LogP contribution is -2.24. The number of hydrogen-bond donors (Lipinski definition) is 1. The Balaban J connectivity index is 1.62. The van der Waals surface area contributed by atoms with Gasteiger partial charge in [0.1, 0.15) is 0 Å². The van der Waals surface area contributed by atoms with Gasteiger partial charge in [0.25, 0.3) is 0 Å². The van der Waals surface area contributed by atoms with Gasteiger partial charge in [-0.05, 0) is 36.6 Å². The highest BCUT2D eigenvalue weighted by molar-refractivity contribution is 9.10. The first-order valence-corrected chi connectivity index (χ1v) is 8.19. The largest absolute Gasteiger partial charge is 0.377 e. The summed E-state index contributed by atoms with van der Waals surface area (Å²) in [6.07, 6.45) is 6.98. The summed E-state index contributed by atoms with van der Waals surface area (Å²) in [6, 6.07) is 5.93. The predicted molar refractivity (Wildman–Crippen MR) is 83.7 cm³/mol. The van der Waals surface area contributed by atoms with Gasteiger partial charge in [-0.3, -0.25) is 0 Å². The lowest BCUT2D eigenvalue weighted by Gasteiger charge is -2.22. The molecule has 2 rings (SSSR count). The average molecular weight is 347 g/mol. The summed E-state index contributed by atoms with van der Waals surface area (Å²) < 4.78 is 6.93. The molecule has 0 aromatic heterocycles. The quantitative estimate of drug-likeness (QED) is 0.763. The van der Waals surface area contributed by atoms with E-state index < -0.39 is 0 Å². The highest BCUT2D eigenvalue weighted by atomic mass is 79.9. The SMILES string of the molecule is Clc1ccc(Br)cc1CNCCOC1CCCCC1. The summed E-state index contributed by atoms with van der Waals surface area (Å²) in [7, 11) is 0. The standard InChI is InChI=1S/C15H21BrClNO/c16-13-6-7-15(17)12(10-13)11-18-8-9-19-14-4-2-1-3-5-14/h6-7,10,14,18H,1-5,8-9,11H2. The Morgan fingerprint density at radius 1 is 1.26 bits per heavy atom. The normalized spacial score (nSPS) is 16.7. The van der Waals surface area contributed by atoms with Gasteiger partial charge in [-0.2, -0.15) is 0 Å². The van der Waals surface area contributed by atoms with E-state index in [0.29, 0.717) is 6.10 Å². The number of ether oxygens (including phenoxy) is 1. The van der Waals surface area contributed by atoms with Crippen LogP contribution >= 0.6 is 27.5 Å². The van der Waals surface area contributed by atoms with Gasteiger partial charge in [-0.15, -0.1) is 0 Å². The Bertz CT molecular complexity index is 394. The third-order valence-corrected chi connectivity index (χ3v) is 4.37. The van der Waals surface area contributed by atoms with Crippen LogP contribution in [0.4, 0.5) is 0 Å². The maximum Gasteiger partial charge on any atom is 0.0594 e. The Morgan fingerprint density at radius 2 is 2.05 bits per heavy atom. The van der Waals surface area contributed by atoms with Gasteiger partial charge in [-0.1, -0.05) is 46.8 Å². The van der Waals surface area contributed by atoms with Crippen molar-refractivity contribution in [2.45, 2.75) is 44.8 Å². The highest BCUT2D eigenvalue weighted by Gasteiger charge is 2.12. The fraction of sp³-hybridized carbons (Fsp3) is 0.600. The van der Waals surface area contributed by atoms with E-state index in [4.69, 9.17) is 16.3 Å². The second-order valence-corrected chi connectivity index (χ2v) is 6.37. The molecule has 0 atom stereocenters. The molecule has 1 aliphatic rings. The molecule has 4 heteroatoms. The number of halogens is 2. The molecule has 0 radical (unpaired) electrons. The molecule has 19 heavy (non-hydrogen) atoms. The van der Waals surface area contributed by atoms with E-state index in [9.17, 15) is 0 Å². The summed E-state index contributed by atoms with van der Waals surface area (Å²) in [5, 5.41) is 4.19. The smallest absolute Gasteiger partial charge is 0.0594 e. The lowest BCUT2D eigenvalue weighted by molar-refractivity contribution is 0.0302. The van der Waals surface area contributed by atoms with Gasteiger partial charge in [0.2, 0.25) is 0 Å². The molecule has 1 aromatic carbocycles. The fourth-order valence-corrected chi connectivity index (χ4v) is 3.02. The van der Waals surface area contributed by atoms with Crippen molar-refractivity contribution in [3.05, 3.63) is 33.3 Å². The number of hydrogen-bond acceptors (Lipinski definition) is 2. The fourth-order valence-electron chi connectivity index (χ4n) is 2.43. The van der Waals surface area contributed by atoms with E-state index in [1.807, 2.05) is 12.1 Å². The van der Waals surface area contributed by atoms with Crippen LogP contribution in [-0.4, -0.2) is 19.3 Å². The summed E-state index contributed by atoms with van der Waals surface area (Å²) in [5.74, 6) is 0.